The molecule has 2 nitrogen and oxygen atoms in total. The standard InChI is InChI=1S/C18H30O2/c1-13-7-15(3,4)11-17(19,9-13)18(20)10-14(2)8-16(5,6)12-18/h9-10,19-20H,7-8,11-12H2,1-6H3/t17-,18+. The number of aliphatic hydroxyl groups is 2. The fraction of sp³-hybridized carbons (Fsp3) is 0.778. The van der Waals surface area contributed by atoms with Crippen LogP contribution in [0, 0.1) is 10.8 Å². The predicted molar refractivity (Wildman–Crippen MR) is 83.4 cm³/mol. The largest absolute Gasteiger partial charge is 0.382 e. The molecule has 20 heavy (non-hydrogen) atoms. The fourth-order valence-electron chi connectivity index (χ4n) is 4.67. The molecule has 0 saturated carbocycles. The van der Waals surface area contributed by atoms with Gasteiger partial charge in [-0.3, -0.25) is 0 Å². The van der Waals surface area contributed by atoms with Crippen molar-refractivity contribution >= 4 is 0 Å². The van der Waals surface area contributed by atoms with Gasteiger partial charge < -0.3 is 10.2 Å². The number of rotatable bonds is 1. The van der Waals surface area contributed by atoms with Gasteiger partial charge in [0.15, 0.2) is 0 Å². The molecule has 0 aromatic rings. The molecule has 0 radical (unpaired) electrons. The molecule has 0 amide bonds. The highest BCUT2D eigenvalue weighted by Crippen LogP contribution is 2.51. The third-order valence-electron chi connectivity index (χ3n) is 4.73. The Balaban J connectivity index is 2.48. The molecule has 2 atom stereocenters. The molecule has 2 aliphatic rings. The summed E-state index contributed by atoms with van der Waals surface area (Å²) in [5.74, 6) is 0. The van der Waals surface area contributed by atoms with Gasteiger partial charge in [0, 0.05) is 0 Å². The highest BCUT2D eigenvalue weighted by Gasteiger charge is 2.54. The summed E-state index contributed by atoms with van der Waals surface area (Å²) < 4.78 is 0. The molecule has 2 aliphatic carbocycles. The Morgan fingerprint density at radius 2 is 1.05 bits per heavy atom. The van der Waals surface area contributed by atoms with Gasteiger partial charge in [0.1, 0.15) is 11.2 Å². The van der Waals surface area contributed by atoms with Gasteiger partial charge in [0.2, 0.25) is 0 Å². The van der Waals surface area contributed by atoms with E-state index in [1.54, 1.807) is 0 Å². The Labute approximate surface area is 123 Å². The number of allylic oxidation sites excluding steroid dienone is 2. The lowest BCUT2D eigenvalue weighted by Gasteiger charge is -2.52. The van der Waals surface area contributed by atoms with E-state index in [-0.39, 0.29) is 10.8 Å². The van der Waals surface area contributed by atoms with E-state index in [9.17, 15) is 10.2 Å². The van der Waals surface area contributed by atoms with Crippen molar-refractivity contribution in [1.82, 2.24) is 0 Å². The Morgan fingerprint density at radius 3 is 1.30 bits per heavy atom. The van der Waals surface area contributed by atoms with Crippen LogP contribution in [0.4, 0.5) is 0 Å². The fourth-order valence-corrected chi connectivity index (χ4v) is 4.67. The van der Waals surface area contributed by atoms with Crippen molar-refractivity contribution in [2.45, 2.75) is 78.4 Å². The topological polar surface area (TPSA) is 40.5 Å². The first-order valence-corrected chi connectivity index (χ1v) is 7.68. The molecular formula is C18H30O2. The SMILES string of the molecule is CC1=C[C@](O)([C@]2(O)C=C(C)CC(C)(C)C2)CC(C)(C)C1. The summed E-state index contributed by atoms with van der Waals surface area (Å²) in [4.78, 5) is 0. The summed E-state index contributed by atoms with van der Waals surface area (Å²) in [6.07, 6.45) is 6.99. The Hall–Kier alpha value is -0.600. The van der Waals surface area contributed by atoms with E-state index in [0.29, 0.717) is 12.8 Å². The second kappa shape index (κ2) is 4.45. The van der Waals surface area contributed by atoms with Crippen LogP contribution in [0.3, 0.4) is 0 Å². The second-order valence-electron chi connectivity index (χ2n) is 8.87. The van der Waals surface area contributed by atoms with Gasteiger partial charge in [-0.2, -0.15) is 0 Å². The van der Waals surface area contributed by atoms with Crippen LogP contribution in [-0.2, 0) is 0 Å². The third kappa shape index (κ3) is 2.87. The van der Waals surface area contributed by atoms with Gasteiger partial charge in [0.25, 0.3) is 0 Å². The quantitative estimate of drug-likeness (QED) is 0.712. The van der Waals surface area contributed by atoms with Gasteiger partial charge in [-0.15, -0.1) is 0 Å². The molecule has 0 heterocycles. The zero-order valence-corrected chi connectivity index (χ0v) is 13.9. The molecular weight excluding hydrogens is 248 g/mol. The minimum atomic E-state index is -1.15. The molecule has 0 fully saturated rings. The Kier molecular flexibility index (Phi) is 3.51. The van der Waals surface area contributed by atoms with E-state index in [0.717, 1.165) is 12.8 Å². The maximum atomic E-state index is 11.2. The molecule has 114 valence electrons. The van der Waals surface area contributed by atoms with E-state index in [2.05, 4.69) is 41.5 Å². The van der Waals surface area contributed by atoms with E-state index >= 15 is 0 Å². The molecule has 0 aromatic heterocycles. The van der Waals surface area contributed by atoms with Crippen LogP contribution in [0.5, 0.6) is 0 Å². The summed E-state index contributed by atoms with van der Waals surface area (Å²) in [6.45, 7) is 12.8. The third-order valence-corrected chi connectivity index (χ3v) is 4.73. The first-order valence-electron chi connectivity index (χ1n) is 7.68. The summed E-state index contributed by atoms with van der Waals surface area (Å²) in [5.41, 5.74) is 0.0766. The van der Waals surface area contributed by atoms with E-state index in [4.69, 9.17) is 0 Å². The highest BCUT2D eigenvalue weighted by molar-refractivity contribution is 5.31. The first-order chi connectivity index (χ1) is 8.87. The molecule has 0 aromatic carbocycles. The molecule has 2 N–H and O–H groups in total. The zero-order valence-electron chi connectivity index (χ0n) is 13.9. The van der Waals surface area contributed by atoms with Gasteiger partial charge in [-0.05, 0) is 50.4 Å². The normalized spacial score (nSPS) is 40.0. The molecule has 0 unspecified atom stereocenters. The van der Waals surface area contributed by atoms with Crippen molar-refractivity contribution in [3.8, 4) is 0 Å². The van der Waals surface area contributed by atoms with Crippen molar-refractivity contribution in [3.05, 3.63) is 23.3 Å². The molecule has 2 heteroatoms. The van der Waals surface area contributed by atoms with Crippen LogP contribution in [0.25, 0.3) is 0 Å². The van der Waals surface area contributed by atoms with Crippen LogP contribution >= 0.6 is 0 Å². The summed E-state index contributed by atoms with van der Waals surface area (Å²) >= 11 is 0. The van der Waals surface area contributed by atoms with Gasteiger partial charge in [0.05, 0.1) is 0 Å². The molecule has 0 bridgehead atoms. The monoisotopic (exact) mass is 278 g/mol. The van der Waals surface area contributed by atoms with Crippen LogP contribution in [0.1, 0.15) is 67.2 Å². The van der Waals surface area contributed by atoms with Crippen LogP contribution < -0.4 is 0 Å². The van der Waals surface area contributed by atoms with Gasteiger partial charge in [-0.25, -0.2) is 0 Å². The highest BCUT2D eigenvalue weighted by atomic mass is 16.4. The number of hydrogen-bond acceptors (Lipinski definition) is 2. The van der Waals surface area contributed by atoms with Crippen molar-refractivity contribution in [3.63, 3.8) is 0 Å². The van der Waals surface area contributed by atoms with E-state index in [1.807, 2.05) is 12.2 Å². The van der Waals surface area contributed by atoms with Crippen molar-refractivity contribution in [1.29, 1.82) is 0 Å². The first kappa shape index (κ1) is 15.8. The summed E-state index contributed by atoms with van der Waals surface area (Å²) in [5, 5.41) is 22.5. The number of hydrogen-bond donors (Lipinski definition) is 2. The van der Waals surface area contributed by atoms with E-state index in [1.165, 1.54) is 11.1 Å². The molecule has 0 saturated heterocycles. The lowest BCUT2D eigenvalue weighted by Crippen LogP contribution is -2.58. The minimum absolute atomic E-state index is 0.0205. The van der Waals surface area contributed by atoms with Crippen LogP contribution in [0.2, 0.25) is 0 Å². The predicted octanol–water partition coefficient (Wildman–Crippen LogP) is 3.98. The van der Waals surface area contributed by atoms with Crippen molar-refractivity contribution in [2.75, 3.05) is 0 Å². The smallest absolute Gasteiger partial charge is 0.116 e. The zero-order chi connectivity index (χ0) is 15.4. The lowest BCUT2D eigenvalue weighted by molar-refractivity contribution is -0.137. The Bertz CT molecular complexity index is 426. The Morgan fingerprint density at radius 1 is 0.750 bits per heavy atom. The molecule has 0 aliphatic heterocycles. The molecule has 2 rings (SSSR count). The van der Waals surface area contributed by atoms with Crippen molar-refractivity contribution in [2.24, 2.45) is 10.8 Å². The maximum Gasteiger partial charge on any atom is 0.116 e. The minimum Gasteiger partial charge on any atom is -0.382 e. The average Bonchev–Trinajstić information content (AvgIpc) is 2.07. The van der Waals surface area contributed by atoms with Crippen LogP contribution in [0.15, 0.2) is 23.3 Å². The second-order valence-corrected chi connectivity index (χ2v) is 8.87. The van der Waals surface area contributed by atoms with Crippen LogP contribution in [-0.4, -0.2) is 21.4 Å². The summed E-state index contributed by atoms with van der Waals surface area (Å²) in [6, 6.07) is 0. The van der Waals surface area contributed by atoms with Gasteiger partial charge >= 0.3 is 0 Å². The maximum absolute atomic E-state index is 11.2. The van der Waals surface area contributed by atoms with Gasteiger partial charge in [-0.1, -0.05) is 51.0 Å². The van der Waals surface area contributed by atoms with Crippen molar-refractivity contribution < 1.29 is 10.2 Å². The van der Waals surface area contributed by atoms with E-state index < -0.39 is 11.2 Å². The lowest BCUT2D eigenvalue weighted by atomic mass is 9.59. The average molecular weight is 278 g/mol. The molecule has 0 spiro atoms. The summed E-state index contributed by atoms with van der Waals surface area (Å²) in [7, 11) is 0.